The summed E-state index contributed by atoms with van der Waals surface area (Å²) in [5.41, 5.74) is 0. The molecule has 3 unspecified atom stereocenters. The Bertz CT molecular complexity index is 194. The zero-order chi connectivity index (χ0) is 10.7. The molecule has 88 valence electrons. The molecule has 3 atom stereocenters. The third-order valence-electron chi connectivity index (χ3n) is 3.69. The highest BCUT2D eigenvalue weighted by Gasteiger charge is 2.26. The maximum absolute atomic E-state index is 6.30. The van der Waals surface area contributed by atoms with Gasteiger partial charge in [0.1, 0.15) is 0 Å². The average molecular weight is 232 g/mol. The summed E-state index contributed by atoms with van der Waals surface area (Å²) in [6, 6.07) is 0. The molecule has 0 aromatic carbocycles. The molecule has 2 saturated heterocycles. The van der Waals surface area contributed by atoms with Gasteiger partial charge in [-0.15, -0.1) is 11.6 Å². The minimum absolute atomic E-state index is 0.336. The van der Waals surface area contributed by atoms with Crippen molar-refractivity contribution in [3.05, 3.63) is 0 Å². The van der Waals surface area contributed by atoms with Crippen molar-refractivity contribution in [2.45, 2.75) is 44.1 Å². The Kier molecular flexibility index (Phi) is 4.30. The van der Waals surface area contributed by atoms with E-state index in [4.69, 9.17) is 16.3 Å². The van der Waals surface area contributed by atoms with Gasteiger partial charge in [0.2, 0.25) is 0 Å². The second kappa shape index (κ2) is 5.51. The lowest BCUT2D eigenvalue weighted by molar-refractivity contribution is -0.0103. The normalized spacial score (nSPS) is 39.2. The Morgan fingerprint density at radius 1 is 1.33 bits per heavy atom. The summed E-state index contributed by atoms with van der Waals surface area (Å²) in [4.78, 5) is 2.48. The molecular formula is C12H22ClNO. The van der Waals surface area contributed by atoms with E-state index in [0.29, 0.717) is 17.4 Å². The summed E-state index contributed by atoms with van der Waals surface area (Å²) < 4.78 is 5.76. The monoisotopic (exact) mass is 231 g/mol. The average Bonchev–Trinajstić information content (AvgIpc) is 2.25. The predicted octanol–water partition coefficient (Wildman–Crippen LogP) is 2.50. The summed E-state index contributed by atoms with van der Waals surface area (Å²) in [5, 5.41) is 0.336. The van der Waals surface area contributed by atoms with Crippen LogP contribution in [0.1, 0.15) is 32.6 Å². The first kappa shape index (κ1) is 11.7. The first-order chi connectivity index (χ1) is 7.25. The van der Waals surface area contributed by atoms with Gasteiger partial charge in [-0.1, -0.05) is 6.92 Å². The number of likely N-dealkylation sites (tertiary alicyclic amines) is 1. The predicted molar refractivity (Wildman–Crippen MR) is 63.5 cm³/mol. The number of ether oxygens (including phenoxy) is 1. The fraction of sp³-hybridized carbons (Fsp3) is 1.00. The fourth-order valence-electron chi connectivity index (χ4n) is 2.49. The minimum atomic E-state index is 0.336. The molecule has 2 fully saturated rings. The van der Waals surface area contributed by atoms with Gasteiger partial charge in [0.15, 0.2) is 0 Å². The van der Waals surface area contributed by atoms with E-state index in [2.05, 4.69) is 11.8 Å². The summed E-state index contributed by atoms with van der Waals surface area (Å²) in [5.74, 6) is 0.676. The van der Waals surface area contributed by atoms with Gasteiger partial charge in [0.25, 0.3) is 0 Å². The van der Waals surface area contributed by atoms with Crippen LogP contribution in [0.3, 0.4) is 0 Å². The molecule has 0 bridgehead atoms. The highest BCUT2D eigenvalue weighted by molar-refractivity contribution is 6.21. The molecule has 0 spiro atoms. The Hall–Kier alpha value is 0.210. The third kappa shape index (κ3) is 3.33. The molecule has 3 heteroatoms. The van der Waals surface area contributed by atoms with E-state index in [0.717, 1.165) is 19.7 Å². The van der Waals surface area contributed by atoms with Crippen molar-refractivity contribution in [3.63, 3.8) is 0 Å². The van der Waals surface area contributed by atoms with Crippen molar-refractivity contribution in [1.29, 1.82) is 0 Å². The van der Waals surface area contributed by atoms with Crippen LogP contribution < -0.4 is 0 Å². The summed E-state index contributed by atoms with van der Waals surface area (Å²) in [6.07, 6.45) is 5.51. The lowest BCUT2D eigenvalue weighted by Gasteiger charge is -2.36. The van der Waals surface area contributed by atoms with Crippen LogP contribution >= 0.6 is 11.6 Å². The maximum atomic E-state index is 6.30. The summed E-state index contributed by atoms with van der Waals surface area (Å²) in [7, 11) is 0. The zero-order valence-corrected chi connectivity index (χ0v) is 10.4. The molecule has 0 aromatic rings. The Balaban J connectivity index is 1.74. The lowest BCUT2D eigenvalue weighted by atomic mass is 9.98. The molecule has 0 amide bonds. The van der Waals surface area contributed by atoms with Gasteiger partial charge in [0.05, 0.1) is 6.10 Å². The molecule has 0 N–H and O–H groups in total. The fourth-order valence-corrected chi connectivity index (χ4v) is 2.81. The number of halogens is 1. The zero-order valence-electron chi connectivity index (χ0n) is 9.62. The molecule has 2 heterocycles. The van der Waals surface area contributed by atoms with Gasteiger partial charge in [0, 0.05) is 25.1 Å². The molecule has 2 nitrogen and oxygen atoms in total. The van der Waals surface area contributed by atoms with Crippen LogP contribution in [0.25, 0.3) is 0 Å². The van der Waals surface area contributed by atoms with Crippen LogP contribution in [-0.4, -0.2) is 42.6 Å². The number of hydrogen-bond acceptors (Lipinski definition) is 2. The Morgan fingerprint density at radius 2 is 2.20 bits per heavy atom. The van der Waals surface area contributed by atoms with Crippen LogP contribution in [-0.2, 0) is 4.74 Å². The topological polar surface area (TPSA) is 12.5 Å². The summed E-state index contributed by atoms with van der Waals surface area (Å²) in [6.45, 7) is 6.55. The van der Waals surface area contributed by atoms with E-state index in [1.807, 2.05) is 0 Å². The molecule has 0 aromatic heterocycles. The summed E-state index contributed by atoms with van der Waals surface area (Å²) >= 11 is 6.30. The molecule has 2 rings (SSSR count). The van der Waals surface area contributed by atoms with E-state index >= 15 is 0 Å². The number of alkyl halides is 1. The van der Waals surface area contributed by atoms with Crippen LogP contribution in [0.15, 0.2) is 0 Å². The van der Waals surface area contributed by atoms with Crippen molar-refractivity contribution in [3.8, 4) is 0 Å². The van der Waals surface area contributed by atoms with E-state index in [9.17, 15) is 0 Å². The van der Waals surface area contributed by atoms with Gasteiger partial charge >= 0.3 is 0 Å². The van der Waals surface area contributed by atoms with Crippen LogP contribution in [0.4, 0.5) is 0 Å². The van der Waals surface area contributed by atoms with Gasteiger partial charge < -0.3 is 4.74 Å². The van der Waals surface area contributed by atoms with Gasteiger partial charge in [-0.2, -0.15) is 0 Å². The van der Waals surface area contributed by atoms with E-state index < -0.39 is 0 Å². The maximum Gasteiger partial charge on any atom is 0.0702 e. The highest BCUT2D eigenvalue weighted by atomic mass is 35.5. The van der Waals surface area contributed by atoms with E-state index in [1.54, 1.807) is 0 Å². The number of piperidine rings is 1. The molecule has 2 aliphatic heterocycles. The molecule has 0 radical (unpaired) electrons. The highest BCUT2D eigenvalue weighted by Crippen LogP contribution is 2.23. The molecule has 15 heavy (non-hydrogen) atoms. The van der Waals surface area contributed by atoms with Crippen molar-refractivity contribution >= 4 is 11.6 Å². The Morgan fingerprint density at radius 3 is 2.87 bits per heavy atom. The largest absolute Gasteiger partial charge is 0.377 e. The third-order valence-corrected chi connectivity index (χ3v) is 4.25. The quantitative estimate of drug-likeness (QED) is 0.678. The van der Waals surface area contributed by atoms with Crippen LogP contribution in [0.5, 0.6) is 0 Å². The molecule has 2 aliphatic rings. The van der Waals surface area contributed by atoms with Crippen molar-refractivity contribution in [2.75, 3.05) is 26.2 Å². The second-order valence-corrected chi connectivity index (χ2v) is 5.59. The van der Waals surface area contributed by atoms with Crippen molar-refractivity contribution in [2.24, 2.45) is 5.92 Å². The van der Waals surface area contributed by atoms with Gasteiger partial charge in [-0.25, -0.2) is 0 Å². The number of hydrogen-bond donors (Lipinski definition) is 0. The number of nitrogens with zero attached hydrogens (tertiary/aromatic N) is 1. The van der Waals surface area contributed by atoms with Gasteiger partial charge in [-0.3, -0.25) is 4.90 Å². The van der Waals surface area contributed by atoms with Crippen LogP contribution in [0, 0.1) is 5.92 Å². The van der Waals surface area contributed by atoms with E-state index in [1.165, 1.54) is 32.2 Å². The first-order valence-corrected chi connectivity index (χ1v) is 6.67. The van der Waals surface area contributed by atoms with Gasteiger partial charge in [-0.05, 0) is 38.1 Å². The smallest absolute Gasteiger partial charge is 0.0702 e. The second-order valence-electron chi connectivity index (χ2n) is 5.03. The standard InChI is InChI=1S/C12H22ClNO/c1-10-5-6-14(9-12(10)13)8-11-4-2-3-7-15-11/h10-12H,2-9H2,1H3. The van der Waals surface area contributed by atoms with E-state index in [-0.39, 0.29) is 0 Å². The minimum Gasteiger partial charge on any atom is -0.377 e. The Labute approximate surface area is 97.9 Å². The molecule has 0 aliphatic carbocycles. The SMILES string of the molecule is CC1CCN(CC2CCCCO2)CC1Cl. The number of rotatable bonds is 2. The molecule has 0 saturated carbocycles. The van der Waals surface area contributed by atoms with Crippen LogP contribution in [0.2, 0.25) is 0 Å². The van der Waals surface area contributed by atoms with Crippen molar-refractivity contribution in [1.82, 2.24) is 4.90 Å². The van der Waals surface area contributed by atoms with Crippen molar-refractivity contribution < 1.29 is 4.74 Å². The first-order valence-electron chi connectivity index (χ1n) is 6.23. The lowest BCUT2D eigenvalue weighted by Crippen LogP contribution is -2.44. The molecular weight excluding hydrogens is 210 g/mol.